The van der Waals surface area contributed by atoms with E-state index in [0.717, 1.165) is 0 Å². The number of carboxylic acids is 1. The lowest BCUT2D eigenvalue weighted by Crippen LogP contribution is -2.20. The number of nitrogens with zero attached hydrogens (tertiary/aromatic N) is 3. The number of benzene rings is 1. The highest BCUT2D eigenvalue weighted by atomic mass is 35.5. The summed E-state index contributed by atoms with van der Waals surface area (Å²) in [5, 5.41) is 19.3. The van der Waals surface area contributed by atoms with Gasteiger partial charge in [-0.2, -0.15) is 0 Å². The van der Waals surface area contributed by atoms with Gasteiger partial charge in [-0.25, -0.2) is 9.48 Å². The molecule has 1 aromatic carbocycles. The van der Waals surface area contributed by atoms with Gasteiger partial charge in [0.2, 0.25) is 5.91 Å². The van der Waals surface area contributed by atoms with Crippen molar-refractivity contribution in [3.8, 4) is 0 Å². The third-order valence-corrected chi connectivity index (χ3v) is 2.82. The molecule has 0 bridgehead atoms. The number of nitrogens with two attached hydrogens (primary N) is 1. The molecule has 8 nitrogen and oxygen atoms in total. The van der Waals surface area contributed by atoms with Crippen LogP contribution in [0.2, 0.25) is 5.02 Å². The Morgan fingerprint density at radius 3 is 2.81 bits per heavy atom. The van der Waals surface area contributed by atoms with Crippen LogP contribution >= 0.6 is 11.6 Å². The van der Waals surface area contributed by atoms with E-state index >= 15 is 0 Å². The van der Waals surface area contributed by atoms with E-state index in [4.69, 9.17) is 22.4 Å². The van der Waals surface area contributed by atoms with E-state index in [1.54, 1.807) is 0 Å². The first-order valence-electron chi connectivity index (χ1n) is 5.91. The largest absolute Gasteiger partial charge is 0.478 e. The lowest BCUT2D eigenvalue weighted by molar-refractivity contribution is -0.116. The van der Waals surface area contributed by atoms with Crippen LogP contribution in [0.5, 0.6) is 0 Å². The fourth-order valence-electron chi connectivity index (χ4n) is 1.65. The molecule has 0 fully saturated rings. The maximum absolute atomic E-state index is 11.9. The number of aromatic carboxylic acids is 1. The van der Waals surface area contributed by atoms with Crippen LogP contribution < -0.4 is 11.1 Å². The fraction of sp³-hybridized carbons (Fsp3) is 0.167. The zero-order chi connectivity index (χ0) is 15.4. The summed E-state index contributed by atoms with van der Waals surface area (Å²) in [6.07, 6.45) is 1.54. The quantitative estimate of drug-likeness (QED) is 0.748. The molecule has 0 unspecified atom stereocenters. The Hall–Kier alpha value is -2.45. The Morgan fingerprint density at radius 2 is 2.19 bits per heavy atom. The van der Waals surface area contributed by atoms with Gasteiger partial charge < -0.3 is 16.2 Å². The first-order chi connectivity index (χ1) is 9.99. The van der Waals surface area contributed by atoms with Crippen molar-refractivity contribution in [3.05, 3.63) is 40.7 Å². The van der Waals surface area contributed by atoms with Gasteiger partial charge in [0, 0.05) is 11.6 Å². The summed E-state index contributed by atoms with van der Waals surface area (Å²) in [7, 11) is 0. The molecule has 1 aromatic heterocycles. The minimum atomic E-state index is -1.16. The highest BCUT2D eigenvalue weighted by Gasteiger charge is 2.13. The van der Waals surface area contributed by atoms with Crippen LogP contribution in [-0.4, -0.2) is 32.0 Å². The summed E-state index contributed by atoms with van der Waals surface area (Å²) in [6, 6.07) is 4.13. The Labute approximate surface area is 124 Å². The van der Waals surface area contributed by atoms with E-state index in [0.29, 0.717) is 10.7 Å². The zero-order valence-electron chi connectivity index (χ0n) is 10.8. The second-order valence-electron chi connectivity index (χ2n) is 4.15. The van der Waals surface area contributed by atoms with Crippen LogP contribution in [0.15, 0.2) is 24.4 Å². The molecule has 0 saturated heterocycles. The van der Waals surface area contributed by atoms with Gasteiger partial charge in [0.15, 0.2) is 0 Å². The number of carbonyl (C=O) groups is 2. The van der Waals surface area contributed by atoms with Crippen LogP contribution in [-0.2, 0) is 17.9 Å². The van der Waals surface area contributed by atoms with Crippen molar-refractivity contribution in [1.82, 2.24) is 15.0 Å². The molecular weight excluding hydrogens is 298 g/mol. The van der Waals surface area contributed by atoms with E-state index in [1.165, 1.54) is 29.1 Å². The maximum atomic E-state index is 11.9. The van der Waals surface area contributed by atoms with Crippen LogP contribution in [0.25, 0.3) is 0 Å². The van der Waals surface area contributed by atoms with E-state index in [9.17, 15) is 9.59 Å². The molecule has 1 amide bonds. The lowest BCUT2D eigenvalue weighted by Gasteiger charge is -2.08. The molecule has 0 spiro atoms. The molecule has 110 valence electrons. The van der Waals surface area contributed by atoms with Gasteiger partial charge in [-0.15, -0.1) is 5.10 Å². The Bertz CT molecular complexity index is 685. The zero-order valence-corrected chi connectivity index (χ0v) is 11.5. The molecule has 21 heavy (non-hydrogen) atoms. The molecule has 1 heterocycles. The summed E-state index contributed by atoms with van der Waals surface area (Å²) in [4.78, 5) is 23.0. The van der Waals surface area contributed by atoms with Gasteiger partial charge >= 0.3 is 5.97 Å². The van der Waals surface area contributed by atoms with Crippen molar-refractivity contribution in [1.29, 1.82) is 0 Å². The Balaban J connectivity index is 2.12. The second kappa shape index (κ2) is 6.33. The average molecular weight is 310 g/mol. The summed E-state index contributed by atoms with van der Waals surface area (Å²) in [6.45, 7) is 0.109. The first-order valence-corrected chi connectivity index (χ1v) is 6.29. The van der Waals surface area contributed by atoms with E-state index < -0.39 is 11.9 Å². The van der Waals surface area contributed by atoms with Crippen molar-refractivity contribution >= 4 is 29.2 Å². The minimum Gasteiger partial charge on any atom is -0.478 e. The minimum absolute atomic E-state index is 0.0472. The van der Waals surface area contributed by atoms with Crippen LogP contribution in [0.1, 0.15) is 16.1 Å². The molecule has 0 radical (unpaired) electrons. The molecule has 0 saturated carbocycles. The van der Waals surface area contributed by atoms with E-state index in [2.05, 4.69) is 15.6 Å². The van der Waals surface area contributed by atoms with E-state index in [1.807, 2.05) is 0 Å². The Morgan fingerprint density at radius 1 is 1.43 bits per heavy atom. The molecule has 0 aliphatic rings. The highest BCUT2D eigenvalue weighted by Crippen LogP contribution is 2.21. The molecule has 2 rings (SSSR count). The molecule has 9 heteroatoms. The predicted octanol–water partition coefficient (Wildman–Crippen LogP) is 0.727. The second-order valence-corrected chi connectivity index (χ2v) is 4.59. The normalized spacial score (nSPS) is 10.4. The molecule has 0 aliphatic heterocycles. The number of carboxylic acid groups (broad SMARTS) is 1. The number of carbonyl (C=O) groups excluding carboxylic acids is 1. The standard InChI is InChI=1S/C12H12ClN5O3/c13-7-1-2-9(12(20)21)10(3-7)15-11(19)6-18-5-8(4-14)16-17-18/h1-3,5H,4,6,14H2,(H,15,19)(H,20,21). The number of anilines is 1. The molecule has 4 N–H and O–H groups in total. The van der Waals surface area contributed by atoms with Gasteiger partial charge in [-0.1, -0.05) is 16.8 Å². The number of hydrogen-bond donors (Lipinski definition) is 3. The number of amides is 1. The van der Waals surface area contributed by atoms with E-state index in [-0.39, 0.29) is 24.3 Å². The third-order valence-electron chi connectivity index (χ3n) is 2.59. The topological polar surface area (TPSA) is 123 Å². The number of aromatic nitrogens is 3. The smallest absolute Gasteiger partial charge is 0.337 e. The van der Waals surface area contributed by atoms with Gasteiger partial charge in [-0.3, -0.25) is 4.79 Å². The highest BCUT2D eigenvalue weighted by molar-refractivity contribution is 6.31. The third kappa shape index (κ3) is 3.77. The molecular formula is C12H12ClN5O3. The maximum Gasteiger partial charge on any atom is 0.337 e. The number of nitrogens with one attached hydrogen (secondary N) is 1. The van der Waals surface area contributed by atoms with Crippen LogP contribution in [0, 0.1) is 0 Å². The molecule has 2 aromatic rings. The monoisotopic (exact) mass is 309 g/mol. The van der Waals surface area contributed by atoms with Gasteiger partial charge in [0.1, 0.15) is 6.54 Å². The predicted molar refractivity (Wildman–Crippen MR) is 75.0 cm³/mol. The van der Waals surface area contributed by atoms with Crippen molar-refractivity contribution in [2.45, 2.75) is 13.1 Å². The van der Waals surface area contributed by atoms with Crippen molar-refractivity contribution in [2.24, 2.45) is 5.73 Å². The van der Waals surface area contributed by atoms with Gasteiger partial charge in [0.25, 0.3) is 0 Å². The Kier molecular flexibility index (Phi) is 4.51. The summed E-state index contributed by atoms with van der Waals surface area (Å²) in [5.74, 6) is -1.61. The fourth-order valence-corrected chi connectivity index (χ4v) is 1.82. The van der Waals surface area contributed by atoms with Crippen molar-refractivity contribution in [3.63, 3.8) is 0 Å². The molecule has 0 aliphatic carbocycles. The average Bonchev–Trinajstić information content (AvgIpc) is 2.85. The molecule has 0 atom stereocenters. The lowest BCUT2D eigenvalue weighted by atomic mass is 10.2. The number of halogens is 1. The summed E-state index contributed by atoms with van der Waals surface area (Å²) < 4.78 is 1.31. The van der Waals surface area contributed by atoms with Crippen LogP contribution in [0.4, 0.5) is 5.69 Å². The van der Waals surface area contributed by atoms with Gasteiger partial charge in [-0.05, 0) is 18.2 Å². The SMILES string of the molecule is NCc1cn(CC(=O)Nc2cc(Cl)ccc2C(=O)O)nn1. The number of hydrogen-bond acceptors (Lipinski definition) is 5. The van der Waals surface area contributed by atoms with Crippen LogP contribution in [0.3, 0.4) is 0 Å². The van der Waals surface area contributed by atoms with Gasteiger partial charge in [0.05, 0.1) is 23.1 Å². The summed E-state index contributed by atoms with van der Waals surface area (Å²) in [5.41, 5.74) is 6.02. The van der Waals surface area contributed by atoms with Crippen molar-refractivity contribution in [2.75, 3.05) is 5.32 Å². The number of rotatable bonds is 5. The summed E-state index contributed by atoms with van der Waals surface area (Å²) >= 11 is 5.80. The van der Waals surface area contributed by atoms with Crippen molar-refractivity contribution < 1.29 is 14.7 Å². The first kappa shape index (κ1) is 14.9.